The SMILES string of the molecule is O=C(O)c1ccc(CCNC(=O)C2CCCC2)cc1. The third-order valence-corrected chi connectivity index (χ3v) is 3.64. The van der Waals surface area contributed by atoms with Crippen molar-refractivity contribution < 1.29 is 14.7 Å². The lowest BCUT2D eigenvalue weighted by Gasteiger charge is -2.10. The minimum absolute atomic E-state index is 0.166. The summed E-state index contributed by atoms with van der Waals surface area (Å²) >= 11 is 0. The predicted molar refractivity (Wildman–Crippen MR) is 72.1 cm³/mol. The van der Waals surface area contributed by atoms with Crippen molar-refractivity contribution in [3.8, 4) is 0 Å². The van der Waals surface area contributed by atoms with E-state index in [1.54, 1.807) is 24.3 Å². The van der Waals surface area contributed by atoms with Crippen molar-refractivity contribution in [1.82, 2.24) is 5.32 Å². The second kappa shape index (κ2) is 6.36. The van der Waals surface area contributed by atoms with E-state index in [9.17, 15) is 9.59 Å². The van der Waals surface area contributed by atoms with Crippen molar-refractivity contribution in [2.24, 2.45) is 5.92 Å². The summed E-state index contributed by atoms with van der Waals surface area (Å²) in [6.07, 6.45) is 5.08. The largest absolute Gasteiger partial charge is 0.478 e. The van der Waals surface area contributed by atoms with Gasteiger partial charge in [0.1, 0.15) is 0 Å². The second-order valence-electron chi connectivity index (χ2n) is 5.02. The maximum atomic E-state index is 11.8. The first-order valence-corrected chi connectivity index (χ1v) is 6.77. The highest BCUT2D eigenvalue weighted by Gasteiger charge is 2.21. The van der Waals surface area contributed by atoms with E-state index in [0.29, 0.717) is 12.1 Å². The molecule has 2 N–H and O–H groups in total. The number of hydrogen-bond acceptors (Lipinski definition) is 2. The Balaban J connectivity index is 1.75. The molecule has 0 radical (unpaired) electrons. The van der Waals surface area contributed by atoms with Gasteiger partial charge in [-0.15, -0.1) is 0 Å². The Hall–Kier alpha value is -1.84. The Labute approximate surface area is 112 Å². The molecule has 4 heteroatoms. The average molecular weight is 261 g/mol. The number of carboxylic acid groups (broad SMARTS) is 1. The van der Waals surface area contributed by atoms with Gasteiger partial charge in [-0.25, -0.2) is 4.79 Å². The van der Waals surface area contributed by atoms with Crippen molar-refractivity contribution in [3.63, 3.8) is 0 Å². The molecule has 0 aliphatic heterocycles. The average Bonchev–Trinajstić information content (AvgIpc) is 2.93. The summed E-state index contributed by atoms with van der Waals surface area (Å²) in [6, 6.07) is 6.78. The molecule has 0 saturated heterocycles. The fourth-order valence-electron chi connectivity index (χ4n) is 2.48. The van der Waals surface area contributed by atoms with Crippen LogP contribution in [0, 0.1) is 5.92 Å². The molecule has 1 fully saturated rings. The molecular weight excluding hydrogens is 242 g/mol. The monoisotopic (exact) mass is 261 g/mol. The zero-order chi connectivity index (χ0) is 13.7. The summed E-state index contributed by atoms with van der Waals surface area (Å²) in [4.78, 5) is 22.5. The molecular formula is C15H19NO3. The molecule has 1 saturated carbocycles. The Morgan fingerprint density at radius 2 is 1.79 bits per heavy atom. The summed E-state index contributed by atoms with van der Waals surface area (Å²) in [7, 11) is 0. The fourth-order valence-corrected chi connectivity index (χ4v) is 2.48. The van der Waals surface area contributed by atoms with Gasteiger partial charge in [0.2, 0.25) is 5.91 Å². The molecule has 2 rings (SSSR count). The molecule has 0 aromatic heterocycles. The van der Waals surface area contributed by atoms with Crippen LogP contribution in [0.2, 0.25) is 0 Å². The topological polar surface area (TPSA) is 66.4 Å². The smallest absolute Gasteiger partial charge is 0.335 e. The summed E-state index contributed by atoms with van der Waals surface area (Å²) in [5, 5.41) is 11.7. The Kier molecular flexibility index (Phi) is 4.55. The molecule has 102 valence electrons. The van der Waals surface area contributed by atoms with Crippen LogP contribution in [-0.4, -0.2) is 23.5 Å². The Bertz CT molecular complexity index is 447. The van der Waals surface area contributed by atoms with Crippen molar-refractivity contribution in [2.45, 2.75) is 32.1 Å². The van der Waals surface area contributed by atoms with Gasteiger partial charge in [0, 0.05) is 12.5 Å². The summed E-state index contributed by atoms with van der Waals surface area (Å²) < 4.78 is 0. The van der Waals surface area contributed by atoms with Gasteiger partial charge < -0.3 is 10.4 Å². The zero-order valence-corrected chi connectivity index (χ0v) is 10.9. The van der Waals surface area contributed by atoms with Crippen molar-refractivity contribution in [2.75, 3.05) is 6.54 Å². The van der Waals surface area contributed by atoms with Crippen molar-refractivity contribution in [1.29, 1.82) is 0 Å². The number of benzene rings is 1. The number of carbonyl (C=O) groups excluding carboxylic acids is 1. The van der Waals surface area contributed by atoms with Gasteiger partial charge in [-0.05, 0) is 37.0 Å². The third-order valence-electron chi connectivity index (χ3n) is 3.64. The van der Waals surface area contributed by atoms with E-state index in [2.05, 4.69) is 5.32 Å². The molecule has 19 heavy (non-hydrogen) atoms. The highest BCUT2D eigenvalue weighted by atomic mass is 16.4. The molecule has 0 spiro atoms. The number of carbonyl (C=O) groups is 2. The third kappa shape index (κ3) is 3.81. The molecule has 0 atom stereocenters. The Morgan fingerprint density at radius 1 is 1.16 bits per heavy atom. The number of hydrogen-bond donors (Lipinski definition) is 2. The van der Waals surface area contributed by atoms with Crippen LogP contribution in [0.3, 0.4) is 0 Å². The summed E-state index contributed by atoms with van der Waals surface area (Å²) in [5.41, 5.74) is 1.33. The van der Waals surface area contributed by atoms with Crippen LogP contribution >= 0.6 is 0 Å². The number of rotatable bonds is 5. The van der Waals surface area contributed by atoms with Gasteiger partial charge in [0.05, 0.1) is 5.56 Å². The fraction of sp³-hybridized carbons (Fsp3) is 0.467. The number of aromatic carboxylic acids is 1. The van der Waals surface area contributed by atoms with E-state index in [1.807, 2.05) is 0 Å². The van der Waals surface area contributed by atoms with Crippen LogP contribution in [-0.2, 0) is 11.2 Å². The normalized spacial score (nSPS) is 15.4. The highest BCUT2D eigenvalue weighted by molar-refractivity contribution is 5.87. The molecule has 1 aliphatic carbocycles. The lowest BCUT2D eigenvalue weighted by molar-refractivity contribution is -0.124. The maximum Gasteiger partial charge on any atom is 0.335 e. The van der Waals surface area contributed by atoms with Gasteiger partial charge in [0.25, 0.3) is 0 Å². The van der Waals surface area contributed by atoms with E-state index < -0.39 is 5.97 Å². The van der Waals surface area contributed by atoms with E-state index in [-0.39, 0.29) is 11.8 Å². The van der Waals surface area contributed by atoms with Crippen LogP contribution in [0.1, 0.15) is 41.6 Å². The first-order valence-electron chi connectivity index (χ1n) is 6.77. The van der Waals surface area contributed by atoms with E-state index >= 15 is 0 Å². The van der Waals surface area contributed by atoms with Crippen LogP contribution in [0.25, 0.3) is 0 Å². The predicted octanol–water partition coefficient (Wildman–Crippen LogP) is 2.23. The van der Waals surface area contributed by atoms with E-state index in [4.69, 9.17) is 5.11 Å². The summed E-state index contributed by atoms with van der Waals surface area (Å²) in [5.74, 6) is -0.546. The van der Waals surface area contributed by atoms with Gasteiger partial charge in [-0.2, -0.15) is 0 Å². The van der Waals surface area contributed by atoms with E-state index in [0.717, 1.165) is 37.7 Å². The number of carboxylic acids is 1. The van der Waals surface area contributed by atoms with Gasteiger partial charge in [0.15, 0.2) is 0 Å². The number of nitrogens with one attached hydrogen (secondary N) is 1. The first-order chi connectivity index (χ1) is 9.16. The molecule has 0 unspecified atom stereocenters. The van der Waals surface area contributed by atoms with Gasteiger partial charge in [-0.1, -0.05) is 25.0 Å². The molecule has 4 nitrogen and oxygen atoms in total. The second-order valence-corrected chi connectivity index (χ2v) is 5.02. The van der Waals surface area contributed by atoms with Crippen LogP contribution in [0.4, 0.5) is 0 Å². The van der Waals surface area contributed by atoms with E-state index in [1.165, 1.54) is 0 Å². The first kappa shape index (κ1) is 13.6. The maximum absolute atomic E-state index is 11.8. The molecule has 1 amide bonds. The standard InChI is InChI=1S/C15H19NO3/c17-14(12-3-1-2-4-12)16-10-9-11-5-7-13(8-6-11)15(18)19/h5-8,12H,1-4,9-10H2,(H,16,17)(H,18,19). The molecule has 1 aliphatic rings. The van der Waals surface area contributed by atoms with Crippen molar-refractivity contribution in [3.05, 3.63) is 35.4 Å². The van der Waals surface area contributed by atoms with Crippen LogP contribution in [0.5, 0.6) is 0 Å². The highest BCUT2D eigenvalue weighted by Crippen LogP contribution is 2.24. The lowest BCUT2D eigenvalue weighted by atomic mass is 10.1. The Morgan fingerprint density at radius 3 is 2.37 bits per heavy atom. The molecule has 1 aromatic carbocycles. The van der Waals surface area contributed by atoms with Crippen molar-refractivity contribution >= 4 is 11.9 Å². The molecule has 1 aromatic rings. The van der Waals surface area contributed by atoms with Crippen LogP contribution < -0.4 is 5.32 Å². The minimum Gasteiger partial charge on any atom is -0.478 e. The minimum atomic E-state index is -0.916. The van der Waals surface area contributed by atoms with Crippen LogP contribution in [0.15, 0.2) is 24.3 Å². The number of amides is 1. The van der Waals surface area contributed by atoms with Gasteiger partial charge >= 0.3 is 5.97 Å². The lowest BCUT2D eigenvalue weighted by Crippen LogP contribution is -2.30. The zero-order valence-electron chi connectivity index (χ0n) is 10.9. The molecule has 0 heterocycles. The molecule has 0 bridgehead atoms. The summed E-state index contributed by atoms with van der Waals surface area (Å²) in [6.45, 7) is 0.613. The van der Waals surface area contributed by atoms with Gasteiger partial charge in [-0.3, -0.25) is 4.79 Å². The quantitative estimate of drug-likeness (QED) is 0.854.